The van der Waals surface area contributed by atoms with E-state index >= 15 is 0 Å². The Balaban J connectivity index is 2.23. The van der Waals surface area contributed by atoms with Gasteiger partial charge in [0.15, 0.2) is 0 Å². The van der Waals surface area contributed by atoms with Gasteiger partial charge in [-0.05, 0) is 31.2 Å². The predicted molar refractivity (Wildman–Crippen MR) is 83.9 cm³/mol. The minimum Gasteiger partial charge on any atom is -0.493 e. The predicted octanol–water partition coefficient (Wildman–Crippen LogP) is 4.65. The van der Waals surface area contributed by atoms with E-state index in [1.54, 1.807) is 48.5 Å². The van der Waals surface area contributed by atoms with E-state index in [0.29, 0.717) is 40.3 Å². The summed E-state index contributed by atoms with van der Waals surface area (Å²) in [6, 6.07) is 13.3. The van der Waals surface area contributed by atoms with Gasteiger partial charge in [-0.15, -0.1) is 0 Å². The third-order valence-corrected chi connectivity index (χ3v) is 3.57. The molecule has 0 saturated carbocycles. The second-order valence-electron chi connectivity index (χ2n) is 4.26. The lowest BCUT2D eigenvalue weighted by Gasteiger charge is -2.12. The van der Waals surface area contributed by atoms with E-state index < -0.39 is 11.7 Å². The molecular formula is C16H15F2NO2S. The molecule has 0 unspecified atom stereocenters. The van der Waals surface area contributed by atoms with Gasteiger partial charge in [-0.3, -0.25) is 4.79 Å². The van der Waals surface area contributed by atoms with Gasteiger partial charge in [0.1, 0.15) is 5.75 Å². The minimum atomic E-state index is -2.55. The summed E-state index contributed by atoms with van der Waals surface area (Å²) in [7, 11) is 0. The van der Waals surface area contributed by atoms with Crippen molar-refractivity contribution in [3.05, 3.63) is 54.1 Å². The lowest BCUT2D eigenvalue weighted by molar-refractivity contribution is 0.102. The van der Waals surface area contributed by atoms with Crippen molar-refractivity contribution in [1.29, 1.82) is 0 Å². The number of halogens is 2. The molecule has 1 N–H and O–H groups in total. The lowest BCUT2D eigenvalue weighted by atomic mass is 10.2. The zero-order chi connectivity index (χ0) is 15.9. The minimum absolute atomic E-state index is 0.319. The van der Waals surface area contributed by atoms with Crippen LogP contribution in [0, 0.1) is 0 Å². The van der Waals surface area contributed by atoms with Crippen LogP contribution in [0.3, 0.4) is 0 Å². The van der Waals surface area contributed by atoms with Crippen LogP contribution < -0.4 is 10.1 Å². The SMILES string of the molecule is CCOc1ccccc1C(=O)Nc1ccccc1SC(F)F. The molecule has 0 aliphatic carbocycles. The van der Waals surface area contributed by atoms with Crippen LogP contribution in [0.15, 0.2) is 53.4 Å². The van der Waals surface area contributed by atoms with Crippen molar-refractivity contribution in [2.45, 2.75) is 17.6 Å². The number of anilines is 1. The maximum absolute atomic E-state index is 12.6. The largest absolute Gasteiger partial charge is 0.493 e. The van der Waals surface area contributed by atoms with Crippen molar-refractivity contribution in [2.24, 2.45) is 0 Å². The first kappa shape index (κ1) is 16.3. The fourth-order valence-electron chi connectivity index (χ4n) is 1.89. The molecule has 2 aromatic carbocycles. The number of ether oxygens (including phenoxy) is 1. The molecule has 0 aliphatic heterocycles. The summed E-state index contributed by atoms with van der Waals surface area (Å²) in [6.07, 6.45) is 0. The Bertz CT molecular complexity index is 650. The van der Waals surface area contributed by atoms with Crippen molar-refractivity contribution in [1.82, 2.24) is 0 Å². The lowest BCUT2D eigenvalue weighted by Crippen LogP contribution is -2.14. The molecule has 116 valence electrons. The first-order valence-electron chi connectivity index (χ1n) is 6.68. The average molecular weight is 323 g/mol. The highest BCUT2D eigenvalue weighted by Gasteiger charge is 2.15. The van der Waals surface area contributed by atoms with Gasteiger partial charge >= 0.3 is 0 Å². The zero-order valence-electron chi connectivity index (χ0n) is 11.9. The molecule has 22 heavy (non-hydrogen) atoms. The van der Waals surface area contributed by atoms with Gasteiger partial charge in [0.05, 0.1) is 17.9 Å². The molecule has 0 aliphatic rings. The highest BCUT2D eigenvalue weighted by Crippen LogP contribution is 2.32. The summed E-state index contributed by atoms with van der Waals surface area (Å²) < 4.78 is 30.5. The number of carbonyl (C=O) groups is 1. The van der Waals surface area contributed by atoms with Crippen LogP contribution in [0.2, 0.25) is 0 Å². The summed E-state index contributed by atoms with van der Waals surface area (Å²) in [5.74, 6) is -2.48. The Kier molecular flexibility index (Phi) is 5.77. The third kappa shape index (κ3) is 4.21. The molecule has 3 nitrogen and oxygen atoms in total. The summed E-state index contributed by atoms with van der Waals surface area (Å²) >= 11 is 0.397. The van der Waals surface area contributed by atoms with Crippen molar-refractivity contribution in [3.63, 3.8) is 0 Å². The molecule has 0 saturated heterocycles. The second kappa shape index (κ2) is 7.79. The Labute approximate surface area is 131 Å². The third-order valence-electron chi connectivity index (χ3n) is 2.78. The van der Waals surface area contributed by atoms with Crippen LogP contribution in [-0.2, 0) is 0 Å². The Morgan fingerprint density at radius 3 is 2.59 bits per heavy atom. The summed E-state index contributed by atoms with van der Waals surface area (Å²) in [5, 5.41) is 2.66. The number of para-hydroxylation sites is 2. The molecule has 0 aromatic heterocycles. The van der Waals surface area contributed by atoms with Crippen LogP contribution in [0.5, 0.6) is 5.75 Å². The molecule has 0 atom stereocenters. The number of benzene rings is 2. The molecule has 1 amide bonds. The normalized spacial score (nSPS) is 10.5. The molecule has 6 heteroatoms. The fraction of sp³-hybridized carbons (Fsp3) is 0.188. The number of rotatable bonds is 6. The van der Waals surface area contributed by atoms with Gasteiger partial charge in [-0.1, -0.05) is 36.0 Å². The van der Waals surface area contributed by atoms with Crippen LogP contribution in [0.4, 0.5) is 14.5 Å². The highest BCUT2D eigenvalue weighted by atomic mass is 32.2. The monoisotopic (exact) mass is 323 g/mol. The van der Waals surface area contributed by atoms with Crippen molar-refractivity contribution in [3.8, 4) is 5.75 Å². The van der Waals surface area contributed by atoms with Gasteiger partial charge in [0.25, 0.3) is 11.7 Å². The smallest absolute Gasteiger partial charge is 0.288 e. The van der Waals surface area contributed by atoms with Crippen LogP contribution in [0.25, 0.3) is 0 Å². The molecule has 2 aromatic rings. The van der Waals surface area contributed by atoms with E-state index in [4.69, 9.17) is 4.74 Å². The van der Waals surface area contributed by atoms with Crippen LogP contribution in [0.1, 0.15) is 17.3 Å². The second-order valence-corrected chi connectivity index (χ2v) is 5.29. The highest BCUT2D eigenvalue weighted by molar-refractivity contribution is 7.99. The van der Waals surface area contributed by atoms with E-state index in [1.165, 1.54) is 0 Å². The van der Waals surface area contributed by atoms with Crippen molar-refractivity contribution >= 4 is 23.4 Å². The first-order chi connectivity index (χ1) is 10.6. The van der Waals surface area contributed by atoms with E-state index in [9.17, 15) is 13.6 Å². The standard InChI is InChI=1S/C16H15F2NO2S/c1-2-21-13-9-5-3-7-11(13)15(20)19-12-8-4-6-10-14(12)22-16(17)18/h3-10,16H,2H2,1H3,(H,19,20). The average Bonchev–Trinajstić information content (AvgIpc) is 2.49. The number of alkyl halides is 2. The molecular weight excluding hydrogens is 308 g/mol. The molecule has 0 spiro atoms. The Hall–Kier alpha value is -2.08. The molecule has 0 bridgehead atoms. The van der Waals surface area contributed by atoms with E-state index in [0.717, 1.165) is 0 Å². The topological polar surface area (TPSA) is 38.3 Å². The maximum atomic E-state index is 12.6. The van der Waals surface area contributed by atoms with Gasteiger partial charge in [0, 0.05) is 4.90 Å². The number of amides is 1. The van der Waals surface area contributed by atoms with Gasteiger partial charge in [-0.2, -0.15) is 8.78 Å². The van der Waals surface area contributed by atoms with Gasteiger partial charge in [0.2, 0.25) is 0 Å². The fourth-order valence-corrected chi connectivity index (χ4v) is 2.49. The van der Waals surface area contributed by atoms with Crippen LogP contribution in [-0.4, -0.2) is 18.3 Å². The Morgan fingerprint density at radius 1 is 1.18 bits per heavy atom. The molecule has 0 fully saturated rings. The summed E-state index contributed by atoms with van der Waals surface area (Å²) in [5.41, 5.74) is 0.713. The zero-order valence-corrected chi connectivity index (χ0v) is 12.7. The number of hydrogen-bond donors (Lipinski definition) is 1. The van der Waals surface area contributed by atoms with Crippen molar-refractivity contribution < 1.29 is 18.3 Å². The number of thioether (sulfide) groups is 1. The number of hydrogen-bond acceptors (Lipinski definition) is 3. The molecule has 0 radical (unpaired) electrons. The van der Waals surface area contributed by atoms with Gasteiger partial charge < -0.3 is 10.1 Å². The molecule has 2 rings (SSSR count). The molecule has 0 heterocycles. The van der Waals surface area contributed by atoms with Gasteiger partial charge in [-0.25, -0.2) is 0 Å². The number of carbonyl (C=O) groups excluding carboxylic acids is 1. The summed E-state index contributed by atoms with van der Waals surface area (Å²) in [4.78, 5) is 12.7. The summed E-state index contributed by atoms with van der Waals surface area (Å²) in [6.45, 7) is 2.26. The van der Waals surface area contributed by atoms with E-state index in [-0.39, 0.29) is 0 Å². The van der Waals surface area contributed by atoms with E-state index in [2.05, 4.69) is 5.32 Å². The van der Waals surface area contributed by atoms with E-state index in [1.807, 2.05) is 6.92 Å². The maximum Gasteiger partial charge on any atom is 0.288 e. The Morgan fingerprint density at radius 2 is 1.86 bits per heavy atom. The number of nitrogens with one attached hydrogen (secondary N) is 1. The van der Waals surface area contributed by atoms with Crippen LogP contribution >= 0.6 is 11.8 Å². The quantitative estimate of drug-likeness (QED) is 0.786. The first-order valence-corrected chi connectivity index (χ1v) is 7.56. The van der Waals surface area contributed by atoms with Crippen molar-refractivity contribution in [2.75, 3.05) is 11.9 Å².